The molecule has 2 aromatic rings. The molecular weight excluding hydrogens is 370 g/mol. The fourth-order valence-corrected chi connectivity index (χ4v) is 4.00. The zero-order valence-electron chi connectivity index (χ0n) is 16.8. The second kappa shape index (κ2) is 7.71. The van der Waals surface area contributed by atoms with Gasteiger partial charge in [-0.1, -0.05) is 18.2 Å². The second-order valence-electron chi connectivity index (χ2n) is 7.66. The molecule has 8 heteroatoms. The van der Waals surface area contributed by atoms with Crippen molar-refractivity contribution in [1.29, 1.82) is 0 Å². The highest BCUT2D eigenvalue weighted by Crippen LogP contribution is 2.30. The highest BCUT2D eigenvalue weighted by molar-refractivity contribution is 6.07. The van der Waals surface area contributed by atoms with Gasteiger partial charge in [0.1, 0.15) is 37.5 Å². The van der Waals surface area contributed by atoms with E-state index in [9.17, 15) is 9.59 Å². The van der Waals surface area contributed by atoms with Gasteiger partial charge in [-0.15, -0.1) is 0 Å². The number of aromatic nitrogens is 1. The Balaban J connectivity index is 1.42. The molecule has 3 amide bonds. The van der Waals surface area contributed by atoms with Gasteiger partial charge in [0.2, 0.25) is 0 Å². The average molecular weight is 397 g/mol. The Morgan fingerprint density at radius 1 is 1.17 bits per heavy atom. The lowest BCUT2D eigenvalue weighted by Gasteiger charge is -2.30. The fraction of sp³-hybridized carbons (Fsp3) is 0.381. The third-order valence-electron chi connectivity index (χ3n) is 5.81. The number of carbonyl (C=O) groups excluding carboxylic acids is 2. The monoisotopic (exact) mass is 397 g/mol. The molecule has 1 aromatic heterocycles. The van der Waals surface area contributed by atoms with Gasteiger partial charge in [0, 0.05) is 6.07 Å². The molecule has 3 heterocycles. The summed E-state index contributed by atoms with van der Waals surface area (Å²) >= 11 is 0. The Morgan fingerprint density at radius 2 is 1.97 bits per heavy atom. The maximum absolute atomic E-state index is 13.2. The minimum atomic E-state index is -1.08. The number of hydrogen-bond acceptors (Lipinski definition) is 4. The van der Waals surface area contributed by atoms with E-state index < -0.39 is 5.54 Å². The van der Waals surface area contributed by atoms with Crippen molar-refractivity contribution in [2.45, 2.75) is 12.5 Å². The van der Waals surface area contributed by atoms with Crippen molar-refractivity contribution in [2.24, 2.45) is 0 Å². The summed E-state index contributed by atoms with van der Waals surface area (Å²) in [7, 11) is 1.58. The van der Waals surface area contributed by atoms with E-state index in [1.807, 2.05) is 36.5 Å². The maximum Gasteiger partial charge on any atom is 0.329 e. The Morgan fingerprint density at radius 3 is 2.66 bits per heavy atom. The van der Waals surface area contributed by atoms with Crippen molar-refractivity contribution in [2.75, 3.05) is 44.9 Å². The third-order valence-corrected chi connectivity index (χ3v) is 5.81. The van der Waals surface area contributed by atoms with Gasteiger partial charge >= 0.3 is 6.03 Å². The summed E-state index contributed by atoms with van der Waals surface area (Å²) < 4.78 is 5.27. The van der Waals surface area contributed by atoms with Crippen molar-refractivity contribution in [1.82, 2.24) is 10.2 Å². The van der Waals surface area contributed by atoms with Gasteiger partial charge < -0.3 is 15.0 Å². The number of methoxy groups -OCH3 is 1. The third kappa shape index (κ3) is 3.63. The lowest BCUT2D eigenvalue weighted by Crippen LogP contribution is -3.16. The van der Waals surface area contributed by atoms with E-state index in [2.05, 4.69) is 21.3 Å². The molecule has 3 N–H and O–H groups in total. The summed E-state index contributed by atoms with van der Waals surface area (Å²) in [6, 6.07) is 13.0. The summed E-state index contributed by atoms with van der Waals surface area (Å²) in [4.78, 5) is 33.9. The molecule has 2 saturated heterocycles. The quantitative estimate of drug-likeness (QED) is 0.676. The topological polar surface area (TPSA) is 80.5 Å². The van der Waals surface area contributed by atoms with Crippen LogP contribution in [-0.2, 0) is 10.3 Å². The molecule has 152 valence electrons. The molecule has 1 aromatic carbocycles. The lowest BCUT2D eigenvalue weighted by molar-refractivity contribution is -0.908. The minimum Gasteiger partial charge on any atom is -0.497 e. The Bertz CT molecular complexity index is 898. The zero-order chi connectivity index (χ0) is 20.4. The number of rotatable bonds is 5. The SMILES string of the molecule is COc1cccc([C@]2(C)NC(=O)N(C[NH+]3CCN(c4cccc[nH+]4)CC3)C2=O)c1. The largest absolute Gasteiger partial charge is 0.497 e. The summed E-state index contributed by atoms with van der Waals surface area (Å²) in [5, 5.41) is 2.88. The van der Waals surface area contributed by atoms with Gasteiger partial charge in [0.25, 0.3) is 11.7 Å². The molecule has 0 spiro atoms. The number of aromatic amines is 1. The molecule has 1 atom stereocenters. The number of nitrogens with zero attached hydrogens (tertiary/aromatic N) is 2. The predicted octanol–water partition coefficient (Wildman–Crippen LogP) is -0.361. The first kappa shape index (κ1) is 19.2. The smallest absolute Gasteiger partial charge is 0.329 e. The van der Waals surface area contributed by atoms with Gasteiger partial charge in [-0.05, 0) is 30.7 Å². The number of amides is 3. The van der Waals surface area contributed by atoms with Crippen LogP contribution in [0.25, 0.3) is 0 Å². The molecule has 2 fully saturated rings. The number of urea groups is 1. The summed E-state index contributed by atoms with van der Waals surface area (Å²) in [6.45, 7) is 5.57. The van der Waals surface area contributed by atoms with E-state index in [-0.39, 0.29) is 11.9 Å². The first-order valence-corrected chi connectivity index (χ1v) is 9.85. The highest BCUT2D eigenvalue weighted by atomic mass is 16.5. The van der Waals surface area contributed by atoms with E-state index in [1.165, 1.54) is 9.80 Å². The molecule has 8 nitrogen and oxygen atoms in total. The van der Waals surface area contributed by atoms with Gasteiger partial charge in [0.05, 0.1) is 13.3 Å². The molecule has 0 radical (unpaired) electrons. The average Bonchev–Trinajstić information content (AvgIpc) is 2.99. The van der Waals surface area contributed by atoms with E-state index in [0.29, 0.717) is 12.4 Å². The maximum atomic E-state index is 13.2. The van der Waals surface area contributed by atoms with Gasteiger partial charge in [-0.3, -0.25) is 9.69 Å². The van der Waals surface area contributed by atoms with E-state index in [0.717, 1.165) is 37.6 Å². The number of piperazine rings is 1. The first-order chi connectivity index (χ1) is 14.0. The molecular formula is C21H27N5O3+2. The van der Waals surface area contributed by atoms with E-state index >= 15 is 0 Å². The summed E-state index contributed by atoms with van der Waals surface area (Å²) in [6.07, 6.45) is 1.92. The van der Waals surface area contributed by atoms with Crippen LogP contribution in [0.2, 0.25) is 0 Å². The van der Waals surface area contributed by atoms with Crippen molar-refractivity contribution in [3.8, 4) is 5.75 Å². The van der Waals surface area contributed by atoms with Crippen molar-refractivity contribution in [3.05, 3.63) is 54.2 Å². The van der Waals surface area contributed by atoms with Crippen LogP contribution >= 0.6 is 0 Å². The lowest BCUT2D eigenvalue weighted by atomic mass is 9.92. The van der Waals surface area contributed by atoms with Crippen LogP contribution in [0.5, 0.6) is 5.75 Å². The van der Waals surface area contributed by atoms with Crippen molar-refractivity contribution < 1.29 is 24.2 Å². The molecule has 0 bridgehead atoms. The molecule has 4 rings (SSSR count). The fourth-order valence-electron chi connectivity index (χ4n) is 4.00. The van der Waals surface area contributed by atoms with Gasteiger partial charge in [-0.2, -0.15) is 0 Å². The number of quaternary nitrogens is 1. The number of H-pyrrole nitrogens is 1. The van der Waals surface area contributed by atoms with Gasteiger partial charge in [0.15, 0.2) is 6.67 Å². The zero-order valence-corrected chi connectivity index (χ0v) is 16.8. The summed E-state index contributed by atoms with van der Waals surface area (Å²) in [5.74, 6) is 1.53. The molecule has 0 saturated carbocycles. The summed E-state index contributed by atoms with van der Waals surface area (Å²) in [5.41, 5.74) is -0.358. The van der Waals surface area contributed by atoms with Crippen LogP contribution in [-0.4, -0.2) is 56.8 Å². The highest BCUT2D eigenvalue weighted by Gasteiger charge is 2.50. The van der Waals surface area contributed by atoms with Crippen LogP contribution in [0.3, 0.4) is 0 Å². The van der Waals surface area contributed by atoms with Crippen molar-refractivity contribution >= 4 is 17.8 Å². The minimum absolute atomic E-state index is 0.220. The Hall–Kier alpha value is -3.13. The standard InChI is InChI=1S/C21H25N5O3/c1-21(16-6-5-7-17(14-16)29-2)19(27)26(20(28)23-21)15-24-10-12-25(13-11-24)18-8-3-4-9-22-18/h3-9,14H,10-13,15H2,1-2H3,(H,23,28)/p+2/t21-/m0/s1. The molecule has 2 aliphatic rings. The van der Waals surface area contributed by atoms with Crippen LogP contribution < -0.4 is 24.8 Å². The number of benzene rings is 1. The second-order valence-corrected chi connectivity index (χ2v) is 7.66. The predicted molar refractivity (Wildman–Crippen MR) is 106 cm³/mol. The van der Waals surface area contributed by atoms with Crippen LogP contribution in [0.1, 0.15) is 12.5 Å². The van der Waals surface area contributed by atoms with E-state index in [1.54, 1.807) is 20.1 Å². The van der Waals surface area contributed by atoms with Crippen LogP contribution in [0.15, 0.2) is 48.7 Å². The molecule has 0 aliphatic carbocycles. The normalized spacial score (nSPS) is 22.7. The number of pyridine rings is 1. The van der Waals surface area contributed by atoms with E-state index in [4.69, 9.17) is 4.74 Å². The number of imide groups is 1. The Labute approximate surface area is 170 Å². The number of carbonyl (C=O) groups is 2. The number of ether oxygens (including phenoxy) is 1. The Kier molecular flexibility index (Phi) is 5.10. The molecule has 0 unspecified atom stereocenters. The first-order valence-electron chi connectivity index (χ1n) is 9.85. The molecule has 2 aliphatic heterocycles. The molecule has 29 heavy (non-hydrogen) atoms. The van der Waals surface area contributed by atoms with Gasteiger partial charge in [-0.25, -0.2) is 14.7 Å². The number of hydrogen-bond donors (Lipinski definition) is 2. The van der Waals surface area contributed by atoms with Crippen LogP contribution in [0, 0.1) is 0 Å². The van der Waals surface area contributed by atoms with Crippen LogP contribution in [0.4, 0.5) is 10.6 Å². The number of nitrogens with one attached hydrogen (secondary N) is 3. The number of anilines is 1. The van der Waals surface area contributed by atoms with Crippen molar-refractivity contribution in [3.63, 3.8) is 0 Å².